The van der Waals surface area contributed by atoms with Crippen LogP contribution < -0.4 is 5.32 Å². The number of benzene rings is 2. The Kier molecular flexibility index (Phi) is 5.23. The van der Waals surface area contributed by atoms with Crippen molar-refractivity contribution in [2.45, 2.75) is 17.1 Å². The molecule has 1 N–H and O–H groups in total. The summed E-state index contributed by atoms with van der Waals surface area (Å²) in [6.07, 6.45) is 3.02. The van der Waals surface area contributed by atoms with Crippen molar-refractivity contribution in [3.8, 4) is 11.3 Å². The van der Waals surface area contributed by atoms with Gasteiger partial charge in [0.25, 0.3) is 0 Å². The number of rotatable bonds is 5. The molecule has 1 amide bonds. The SMILES string of the molecule is CC(Sc1ccc(Cl)cc1)C(=O)Nc1cccc(-c2cnco2)c1. The van der Waals surface area contributed by atoms with Crippen molar-refractivity contribution in [3.05, 3.63) is 66.1 Å². The van der Waals surface area contributed by atoms with Crippen LogP contribution in [0.5, 0.6) is 0 Å². The number of oxazole rings is 1. The van der Waals surface area contributed by atoms with Crippen molar-refractivity contribution >= 4 is 35.0 Å². The van der Waals surface area contributed by atoms with E-state index >= 15 is 0 Å². The monoisotopic (exact) mass is 358 g/mol. The number of nitrogens with zero attached hydrogens (tertiary/aromatic N) is 1. The molecule has 0 bridgehead atoms. The van der Waals surface area contributed by atoms with Crippen molar-refractivity contribution in [2.75, 3.05) is 5.32 Å². The van der Waals surface area contributed by atoms with Crippen LogP contribution in [0.25, 0.3) is 11.3 Å². The second-order valence-electron chi connectivity index (χ2n) is 5.15. The van der Waals surface area contributed by atoms with E-state index in [1.165, 1.54) is 18.2 Å². The molecule has 4 nitrogen and oxygen atoms in total. The van der Waals surface area contributed by atoms with Crippen LogP contribution in [-0.2, 0) is 4.79 Å². The second kappa shape index (κ2) is 7.55. The molecule has 1 atom stereocenters. The van der Waals surface area contributed by atoms with Gasteiger partial charge in [-0.05, 0) is 43.3 Å². The predicted molar refractivity (Wildman–Crippen MR) is 97.3 cm³/mol. The van der Waals surface area contributed by atoms with Crippen LogP contribution in [0.1, 0.15) is 6.92 Å². The molecule has 0 aliphatic heterocycles. The Morgan fingerprint density at radius 3 is 2.75 bits per heavy atom. The molecule has 0 radical (unpaired) electrons. The maximum Gasteiger partial charge on any atom is 0.237 e. The number of carbonyl (C=O) groups excluding carboxylic acids is 1. The molecule has 2 aromatic carbocycles. The van der Waals surface area contributed by atoms with Gasteiger partial charge >= 0.3 is 0 Å². The summed E-state index contributed by atoms with van der Waals surface area (Å²) in [5, 5.41) is 3.37. The van der Waals surface area contributed by atoms with Gasteiger partial charge in [-0.15, -0.1) is 11.8 Å². The molecule has 0 saturated carbocycles. The Hall–Kier alpha value is -2.24. The van der Waals surface area contributed by atoms with E-state index in [0.29, 0.717) is 10.8 Å². The van der Waals surface area contributed by atoms with Crippen LogP contribution in [0, 0.1) is 0 Å². The van der Waals surface area contributed by atoms with Gasteiger partial charge in [-0.2, -0.15) is 0 Å². The summed E-state index contributed by atoms with van der Waals surface area (Å²) in [6, 6.07) is 14.9. The Morgan fingerprint density at radius 2 is 2.04 bits per heavy atom. The lowest BCUT2D eigenvalue weighted by Gasteiger charge is -2.12. The van der Waals surface area contributed by atoms with Crippen molar-refractivity contribution < 1.29 is 9.21 Å². The molecule has 3 rings (SSSR count). The Bertz CT molecular complexity index is 819. The summed E-state index contributed by atoms with van der Waals surface area (Å²) in [5.74, 6) is 0.597. The molecule has 1 aromatic heterocycles. The minimum absolute atomic E-state index is 0.0651. The fourth-order valence-electron chi connectivity index (χ4n) is 2.12. The molecule has 6 heteroatoms. The normalized spacial score (nSPS) is 11.9. The Balaban J connectivity index is 1.66. The van der Waals surface area contributed by atoms with Gasteiger partial charge < -0.3 is 9.73 Å². The van der Waals surface area contributed by atoms with Crippen LogP contribution in [-0.4, -0.2) is 16.1 Å². The summed E-state index contributed by atoms with van der Waals surface area (Å²) in [7, 11) is 0. The van der Waals surface area contributed by atoms with Crippen LogP contribution in [0.2, 0.25) is 5.02 Å². The molecular formula is C18H15ClN2O2S. The molecule has 24 heavy (non-hydrogen) atoms. The minimum Gasteiger partial charge on any atom is -0.444 e. The minimum atomic E-state index is -0.236. The lowest BCUT2D eigenvalue weighted by molar-refractivity contribution is -0.115. The number of anilines is 1. The van der Waals surface area contributed by atoms with E-state index in [0.717, 1.165) is 16.1 Å². The van der Waals surface area contributed by atoms with E-state index in [1.807, 2.05) is 55.5 Å². The summed E-state index contributed by atoms with van der Waals surface area (Å²) in [4.78, 5) is 17.3. The number of thioether (sulfide) groups is 1. The molecule has 1 unspecified atom stereocenters. The molecule has 1 heterocycles. The first kappa shape index (κ1) is 16.6. The number of aromatic nitrogens is 1. The molecule has 0 aliphatic rings. The van der Waals surface area contributed by atoms with Crippen LogP contribution in [0.15, 0.2) is 70.4 Å². The van der Waals surface area contributed by atoms with E-state index in [9.17, 15) is 4.79 Å². The first-order chi connectivity index (χ1) is 11.6. The summed E-state index contributed by atoms with van der Waals surface area (Å²) in [6.45, 7) is 1.87. The average molecular weight is 359 g/mol. The van der Waals surface area contributed by atoms with Gasteiger partial charge in [-0.1, -0.05) is 23.7 Å². The number of nitrogens with one attached hydrogen (secondary N) is 1. The summed E-state index contributed by atoms with van der Waals surface area (Å²) < 4.78 is 5.28. The van der Waals surface area contributed by atoms with Crippen molar-refractivity contribution in [2.24, 2.45) is 0 Å². The third-order valence-corrected chi connectivity index (χ3v) is 4.71. The van der Waals surface area contributed by atoms with Gasteiger partial charge in [0.05, 0.1) is 11.4 Å². The topological polar surface area (TPSA) is 55.1 Å². The van der Waals surface area contributed by atoms with E-state index in [4.69, 9.17) is 16.0 Å². The Labute approximate surface area is 149 Å². The third kappa shape index (κ3) is 4.19. The lowest BCUT2D eigenvalue weighted by Crippen LogP contribution is -2.22. The molecular weight excluding hydrogens is 344 g/mol. The van der Waals surface area contributed by atoms with Gasteiger partial charge in [0.2, 0.25) is 5.91 Å². The number of carbonyl (C=O) groups is 1. The zero-order valence-electron chi connectivity index (χ0n) is 12.9. The fourth-order valence-corrected chi connectivity index (χ4v) is 3.12. The Morgan fingerprint density at radius 1 is 1.25 bits per heavy atom. The molecule has 122 valence electrons. The van der Waals surface area contributed by atoms with Crippen LogP contribution >= 0.6 is 23.4 Å². The van der Waals surface area contributed by atoms with E-state index in [1.54, 1.807) is 6.20 Å². The fraction of sp³-hybridized carbons (Fsp3) is 0.111. The molecule has 3 aromatic rings. The zero-order chi connectivity index (χ0) is 16.9. The maximum atomic E-state index is 12.4. The molecule has 0 fully saturated rings. The lowest BCUT2D eigenvalue weighted by atomic mass is 10.1. The van der Waals surface area contributed by atoms with Crippen LogP contribution in [0.4, 0.5) is 5.69 Å². The van der Waals surface area contributed by atoms with Crippen molar-refractivity contribution in [3.63, 3.8) is 0 Å². The van der Waals surface area contributed by atoms with E-state index < -0.39 is 0 Å². The van der Waals surface area contributed by atoms with Crippen molar-refractivity contribution in [1.29, 1.82) is 0 Å². The van der Waals surface area contributed by atoms with Gasteiger partial charge in [-0.3, -0.25) is 4.79 Å². The van der Waals surface area contributed by atoms with Gasteiger partial charge in [-0.25, -0.2) is 4.98 Å². The number of halogens is 1. The average Bonchev–Trinajstić information content (AvgIpc) is 3.12. The predicted octanol–water partition coefficient (Wildman–Crippen LogP) is 5.11. The summed E-state index contributed by atoms with van der Waals surface area (Å²) in [5.41, 5.74) is 1.58. The van der Waals surface area contributed by atoms with Gasteiger partial charge in [0.15, 0.2) is 12.2 Å². The molecule has 0 saturated heterocycles. The number of hydrogen-bond donors (Lipinski definition) is 1. The highest BCUT2D eigenvalue weighted by Gasteiger charge is 2.15. The molecule has 0 aliphatic carbocycles. The standard InChI is InChI=1S/C18H15ClN2O2S/c1-12(24-16-7-5-14(19)6-8-16)18(22)21-15-4-2-3-13(9-15)17-10-20-11-23-17/h2-12H,1H3,(H,21,22). The second-order valence-corrected chi connectivity index (χ2v) is 7.00. The highest BCUT2D eigenvalue weighted by Crippen LogP contribution is 2.26. The largest absolute Gasteiger partial charge is 0.444 e. The zero-order valence-corrected chi connectivity index (χ0v) is 14.5. The van der Waals surface area contributed by atoms with Gasteiger partial charge in [0, 0.05) is 21.2 Å². The van der Waals surface area contributed by atoms with Gasteiger partial charge in [0.1, 0.15) is 0 Å². The highest BCUT2D eigenvalue weighted by molar-refractivity contribution is 8.00. The first-order valence-electron chi connectivity index (χ1n) is 7.34. The van der Waals surface area contributed by atoms with E-state index in [2.05, 4.69) is 10.3 Å². The summed E-state index contributed by atoms with van der Waals surface area (Å²) >= 11 is 7.36. The quantitative estimate of drug-likeness (QED) is 0.643. The van der Waals surface area contributed by atoms with Crippen LogP contribution in [0.3, 0.4) is 0 Å². The third-order valence-electron chi connectivity index (χ3n) is 3.34. The molecule has 0 spiro atoms. The van der Waals surface area contributed by atoms with Crippen molar-refractivity contribution in [1.82, 2.24) is 4.98 Å². The number of hydrogen-bond acceptors (Lipinski definition) is 4. The smallest absolute Gasteiger partial charge is 0.237 e. The first-order valence-corrected chi connectivity index (χ1v) is 8.59. The highest BCUT2D eigenvalue weighted by atomic mass is 35.5. The van der Waals surface area contributed by atoms with E-state index in [-0.39, 0.29) is 11.2 Å². The number of amides is 1. The maximum absolute atomic E-state index is 12.4.